The first-order valence-corrected chi connectivity index (χ1v) is 5.11. The Morgan fingerprint density at radius 1 is 1.59 bits per heavy atom. The van der Waals surface area contributed by atoms with Gasteiger partial charge < -0.3 is 9.47 Å². The molecule has 1 rings (SSSR count). The minimum atomic E-state index is -4.45. The van der Waals surface area contributed by atoms with Crippen LogP contribution in [0.2, 0.25) is 0 Å². The molecule has 0 aromatic rings. The molecule has 0 bridgehead atoms. The number of carbonyl (C=O) groups is 2. The van der Waals surface area contributed by atoms with Gasteiger partial charge in [-0.2, -0.15) is 13.2 Å². The monoisotopic (exact) mass is 254 g/mol. The van der Waals surface area contributed by atoms with Crippen molar-refractivity contribution in [3.05, 3.63) is 0 Å². The number of hydrogen-bond donors (Lipinski definition) is 0. The van der Waals surface area contributed by atoms with Gasteiger partial charge >= 0.3 is 12.1 Å². The van der Waals surface area contributed by atoms with Gasteiger partial charge in [-0.15, -0.1) is 0 Å². The predicted octanol–water partition coefficient (Wildman–Crippen LogP) is 1.62. The van der Waals surface area contributed by atoms with Crippen LogP contribution in [0.15, 0.2) is 0 Å². The quantitative estimate of drug-likeness (QED) is 0.567. The van der Waals surface area contributed by atoms with E-state index < -0.39 is 42.5 Å². The van der Waals surface area contributed by atoms with Crippen molar-refractivity contribution in [1.82, 2.24) is 0 Å². The zero-order valence-electron chi connectivity index (χ0n) is 9.47. The van der Waals surface area contributed by atoms with Crippen LogP contribution in [0.3, 0.4) is 0 Å². The molecule has 7 heteroatoms. The standard InChI is InChI=1S/C10H13F3O4/c1-3-16-8(15)7-6(14)4-9(2,17-7)5-10(11,12)13/h7H,3-5H2,1-2H3. The lowest BCUT2D eigenvalue weighted by atomic mass is 9.97. The van der Waals surface area contributed by atoms with Crippen LogP contribution >= 0.6 is 0 Å². The Balaban J connectivity index is 2.71. The summed E-state index contributed by atoms with van der Waals surface area (Å²) in [4.78, 5) is 22.7. The third-order valence-corrected chi connectivity index (χ3v) is 2.32. The summed E-state index contributed by atoms with van der Waals surface area (Å²) in [7, 11) is 0. The van der Waals surface area contributed by atoms with Gasteiger partial charge in [0.25, 0.3) is 0 Å². The molecule has 0 aliphatic carbocycles. The number of halogens is 3. The normalized spacial score (nSPS) is 29.5. The fourth-order valence-electron chi connectivity index (χ4n) is 1.78. The van der Waals surface area contributed by atoms with Crippen LogP contribution in [-0.2, 0) is 19.1 Å². The minimum Gasteiger partial charge on any atom is -0.464 e. The number of carbonyl (C=O) groups excluding carboxylic acids is 2. The topological polar surface area (TPSA) is 52.6 Å². The zero-order chi connectivity index (χ0) is 13.3. The first kappa shape index (κ1) is 14.0. The molecule has 0 aromatic heterocycles. The van der Waals surface area contributed by atoms with E-state index in [2.05, 4.69) is 4.74 Å². The Labute approximate surface area is 96.1 Å². The highest BCUT2D eigenvalue weighted by molar-refractivity contribution is 6.03. The summed E-state index contributed by atoms with van der Waals surface area (Å²) in [6.07, 6.45) is -7.67. The molecule has 1 aliphatic heterocycles. The maximum atomic E-state index is 12.2. The molecule has 1 heterocycles. The second-order valence-electron chi connectivity index (χ2n) is 4.13. The SMILES string of the molecule is CCOC(=O)C1OC(C)(CC(F)(F)F)CC1=O. The molecule has 2 atom stereocenters. The van der Waals surface area contributed by atoms with E-state index in [1.165, 1.54) is 6.92 Å². The largest absolute Gasteiger partial charge is 0.464 e. The second-order valence-corrected chi connectivity index (χ2v) is 4.13. The first-order valence-electron chi connectivity index (χ1n) is 5.11. The maximum absolute atomic E-state index is 12.2. The maximum Gasteiger partial charge on any atom is 0.391 e. The van der Waals surface area contributed by atoms with Gasteiger partial charge in [0.15, 0.2) is 5.78 Å². The highest BCUT2D eigenvalue weighted by Gasteiger charge is 2.51. The van der Waals surface area contributed by atoms with E-state index in [1.54, 1.807) is 0 Å². The molecule has 0 amide bonds. The number of ether oxygens (including phenoxy) is 2. The van der Waals surface area contributed by atoms with Crippen LogP contribution in [0.5, 0.6) is 0 Å². The van der Waals surface area contributed by atoms with E-state index in [0.29, 0.717) is 0 Å². The van der Waals surface area contributed by atoms with Gasteiger partial charge in [-0.25, -0.2) is 4.79 Å². The third kappa shape index (κ3) is 3.69. The van der Waals surface area contributed by atoms with Gasteiger partial charge in [0.2, 0.25) is 6.10 Å². The van der Waals surface area contributed by atoms with Gasteiger partial charge in [0, 0.05) is 6.42 Å². The number of ketones is 1. The molecule has 0 saturated carbocycles. The molecule has 0 aromatic carbocycles. The molecule has 1 saturated heterocycles. The highest BCUT2D eigenvalue weighted by atomic mass is 19.4. The average Bonchev–Trinajstić information content (AvgIpc) is 2.38. The molecule has 1 aliphatic rings. The van der Waals surface area contributed by atoms with Gasteiger partial charge in [-0.1, -0.05) is 0 Å². The molecule has 2 unspecified atom stereocenters. The van der Waals surface area contributed by atoms with Crippen molar-refractivity contribution in [3.63, 3.8) is 0 Å². The first-order chi connectivity index (χ1) is 7.67. The Morgan fingerprint density at radius 3 is 2.65 bits per heavy atom. The van der Waals surface area contributed by atoms with Gasteiger partial charge in [-0.3, -0.25) is 4.79 Å². The van der Waals surface area contributed by atoms with Crippen LogP contribution < -0.4 is 0 Å². The highest BCUT2D eigenvalue weighted by Crippen LogP contribution is 2.37. The van der Waals surface area contributed by atoms with Gasteiger partial charge in [-0.05, 0) is 13.8 Å². The summed E-state index contributed by atoms with van der Waals surface area (Å²) in [5, 5.41) is 0. The summed E-state index contributed by atoms with van der Waals surface area (Å²) >= 11 is 0. The van der Waals surface area contributed by atoms with Crippen molar-refractivity contribution in [2.45, 2.75) is 44.6 Å². The third-order valence-electron chi connectivity index (χ3n) is 2.32. The lowest BCUT2D eigenvalue weighted by Crippen LogP contribution is -2.34. The summed E-state index contributed by atoms with van der Waals surface area (Å²) < 4.78 is 46.2. The van der Waals surface area contributed by atoms with Crippen LogP contribution in [0.4, 0.5) is 13.2 Å². The minimum absolute atomic E-state index is 0.0436. The molecule has 0 spiro atoms. The number of alkyl halides is 3. The van der Waals surface area contributed by atoms with Crippen molar-refractivity contribution in [1.29, 1.82) is 0 Å². The molecular formula is C10H13F3O4. The van der Waals surface area contributed by atoms with E-state index in [1.807, 2.05) is 0 Å². The molecule has 1 fully saturated rings. The predicted molar refractivity (Wildman–Crippen MR) is 50.2 cm³/mol. The molecule has 0 radical (unpaired) electrons. The van der Waals surface area contributed by atoms with E-state index in [4.69, 9.17) is 4.74 Å². The van der Waals surface area contributed by atoms with E-state index >= 15 is 0 Å². The lowest BCUT2D eigenvalue weighted by molar-refractivity contribution is -0.189. The van der Waals surface area contributed by atoms with Crippen molar-refractivity contribution < 1.29 is 32.2 Å². The number of rotatable bonds is 3. The van der Waals surface area contributed by atoms with Crippen LogP contribution in [-0.4, -0.2) is 36.2 Å². The van der Waals surface area contributed by atoms with Crippen LogP contribution in [0, 0.1) is 0 Å². The number of Topliss-reactive ketones (excluding diaryl/α,β-unsaturated/α-hetero) is 1. The fourth-order valence-corrected chi connectivity index (χ4v) is 1.78. The summed E-state index contributed by atoms with van der Waals surface area (Å²) in [6, 6.07) is 0. The average molecular weight is 254 g/mol. The van der Waals surface area contributed by atoms with Crippen LogP contribution in [0.1, 0.15) is 26.7 Å². The second kappa shape index (κ2) is 4.64. The van der Waals surface area contributed by atoms with Gasteiger partial charge in [0.05, 0.1) is 18.6 Å². The molecule has 0 N–H and O–H groups in total. The fraction of sp³-hybridized carbons (Fsp3) is 0.800. The lowest BCUT2D eigenvalue weighted by Gasteiger charge is -2.24. The van der Waals surface area contributed by atoms with E-state index in [0.717, 1.165) is 6.92 Å². The van der Waals surface area contributed by atoms with Crippen molar-refractivity contribution in [2.24, 2.45) is 0 Å². The Bertz CT molecular complexity index is 326. The van der Waals surface area contributed by atoms with Crippen LogP contribution in [0.25, 0.3) is 0 Å². The molecule has 98 valence electrons. The smallest absolute Gasteiger partial charge is 0.391 e. The molecular weight excluding hydrogens is 241 g/mol. The number of hydrogen-bond acceptors (Lipinski definition) is 4. The van der Waals surface area contributed by atoms with Crippen molar-refractivity contribution >= 4 is 11.8 Å². The molecule has 4 nitrogen and oxygen atoms in total. The Morgan fingerprint density at radius 2 is 2.18 bits per heavy atom. The Hall–Kier alpha value is -1.11. The van der Waals surface area contributed by atoms with Crippen molar-refractivity contribution in [3.8, 4) is 0 Å². The Kier molecular flexibility index (Phi) is 3.81. The zero-order valence-corrected chi connectivity index (χ0v) is 9.47. The van der Waals surface area contributed by atoms with Gasteiger partial charge in [0.1, 0.15) is 0 Å². The summed E-state index contributed by atoms with van der Waals surface area (Å²) in [5.41, 5.74) is -1.67. The summed E-state index contributed by atoms with van der Waals surface area (Å²) in [6.45, 7) is 2.74. The summed E-state index contributed by atoms with van der Waals surface area (Å²) in [5.74, 6) is -1.60. The van der Waals surface area contributed by atoms with E-state index in [9.17, 15) is 22.8 Å². The van der Waals surface area contributed by atoms with E-state index in [-0.39, 0.29) is 6.61 Å². The van der Waals surface area contributed by atoms with Crippen molar-refractivity contribution in [2.75, 3.05) is 6.61 Å². The number of esters is 1. The molecule has 17 heavy (non-hydrogen) atoms.